The number of aliphatic hydroxyl groups is 1. The van der Waals surface area contributed by atoms with Crippen LogP contribution in [-0.2, 0) is 28.3 Å². The molecule has 0 saturated carbocycles. The first-order valence-electron chi connectivity index (χ1n) is 10.7. The van der Waals surface area contributed by atoms with Crippen LogP contribution in [0.5, 0.6) is 0 Å². The molecule has 8 heteroatoms. The van der Waals surface area contributed by atoms with Gasteiger partial charge in [0.2, 0.25) is 0 Å². The van der Waals surface area contributed by atoms with Crippen molar-refractivity contribution in [2.75, 3.05) is 0 Å². The molecule has 5 rings (SSSR count). The number of hydrogen-bond donors (Lipinski definition) is 2. The van der Waals surface area contributed by atoms with Crippen LogP contribution in [0.25, 0.3) is 22.3 Å². The fourth-order valence-electron chi connectivity index (χ4n) is 4.35. The second kappa shape index (κ2) is 7.00. The largest absolute Gasteiger partial charge is 0.458 e. The van der Waals surface area contributed by atoms with E-state index in [1.54, 1.807) is 17.6 Å². The molecule has 0 radical (unpaired) electrons. The normalized spacial score (nSPS) is 19.7. The number of rotatable bonds is 3. The summed E-state index contributed by atoms with van der Waals surface area (Å²) in [6.07, 6.45) is 0.109. The maximum Gasteiger partial charge on any atom is 0.343 e. The van der Waals surface area contributed by atoms with Crippen molar-refractivity contribution in [1.29, 1.82) is 0 Å². The Morgan fingerprint density at radius 2 is 2.12 bits per heavy atom. The van der Waals surface area contributed by atoms with Gasteiger partial charge in [0.15, 0.2) is 5.60 Å². The van der Waals surface area contributed by atoms with Gasteiger partial charge in [-0.2, -0.15) is 0 Å². The number of nitrogens with zero attached hydrogens (tertiary/aromatic N) is 3. The molecule has 32 heavy (non-hydrogen) atoms. The number of carbonyl (C=O) groups is 1. The van der Waals surface area contributed by atoms with Crippen LogP contribution >= 0.6 is 0 Å². The molecule has 2 aliphatic heterocycles. The molecule has 0 saturated heterocycles. The highest BCUT2D eigenvalue weighted by Crippen LogP contribution is 2.39. The van der Waals surface area contributed by atoms with Crippen molar-refractivity contribution in [3.8, 4) is 11.4 Å². The van der Waals surface area contributed by atoms with Crippen LogP contribution in [0.3, 0.4) is 0 Å². The van der Waals surface area contributed by atoms with Gasteiger partial charge in [-0.05, 0) is 30.7 Å². The predicted molar refractivity (Wildman–Crippen MR) is 121 cm³/mol. The number of aliphatic imine (C=N–C) groups is 1. The zero-order valence-electron chi connectivity index (χ0n) is 18.2. The van der Waals surface area contributed by atoms with Gasteiger partial charge in [0.25, 0.3) is 5.56 Å². The number of nitrogens with two attached hydrogens (primary N) is 1. The number of pyridine rings is 2. The van der Waals surface area contributed by atoms with Gasteiger partial charge < -0.3 is 20.1 Å². The molecule has 1 atom stereocenters. The predicted octanol–water partition coefficient (Wildman–Crippen LogP) is 2.72. The van der Waals surface area contributed by atoms with Crippen LogP contribution in [0.4, 0.5) is 5.69 Å². The van der Waals surface area contributed by atoms with Crippen molar-refractivity contribution in [3.63, 3.8) is 0 Å². The van der Waals surface area contributed by atoms with Crippen LogP contribution in [-0.4, -0.2) is 26.5 Å². The lowest BCUT2D eigenvalue weighted by Crippen LogP contribution is -2.44. The first-order chi connectivity index (χ1) is 15.2. The van der Waals surface area contributed by atoms with E-state index < -0.39 is 11.6 Å². The highest BCUT2D eigenvalue weighted by atomic mass is 16.6. The van der Waals surface area contributed by atoms with Crippen molar-refractivity contribution in [2.24, 2.45) is 16.6 Å². The Kier molecular flexibility index (Phi) is 4.46. The molecule has 0 bridgehead atoms. The molecule has 0 unspecified atom stereocenters. The van der Waals surface area contributed by atoms with Crippen molar-refractivity contribution < 1.29 is 14.6 Å². The SMILES string of the molecule is CC[C@@]1(O)C(=O)OCc2c1cc1n(c2=O)Cc2cc3c(N=C(N)C(C)C)cccc3nc2-1. The third-order valence-electron chi connectivity index (χ3n) is 6.37. The molecule has 3 aromatic rings. The summed E-state index contributed by atoms with van der Waals surface area (Å²) in [7, 11) is 0. The molecule has 0 spiro atoms. The van der Waals surface area contributed by atoms with Crippen LogP contribution in [0.1, 0.15) is 43.9 Å². The van der Waals surface area contributed by atoms with Crippen molar-refractivity contribution in [3.05, 3.63) is 57.4 Å². The number of amidine groups is 1. The quantitative estimate of drug-likeness (QED) is 0.292. The topological polar surface area (TPSA) is 120 Å². The van der Waals surface area contributed by atoms with Crippen LogP contribution in [0, 0.1) is 5.92 Å². The molecule has 164 valence electrons. The summed E-state index contributed by atoms with van der Waals surface area (Å²) in [6, 6.07) is 9.35. The minimum absolute atomic E-state index is 0.109. The number of fused-ring (bicyclic) bond motifs is 5. The number of cyclic esters (lactones) is 1. The van der Waals surface area contributed by atoms with Crippen LogP contribution in [0.2, 0.25) is 0 Å². The Labute approximate surface area is 184 Å². The number of ether oxygens (including phenoxy) is 1. The van der Waals surface area contributed by atoms with Crippen molar-refractivity contribution in [2.45, 2.75) is 45.9 Å². The van der Waals surface area contributed by atoms with Crippen molar-refractivity contribution in [1.82, 2.24) is 9.55 Å². The first kappa shape index (κ1) is 20.4. The summed E-state index contributed by atoms with van der Waals surface area (Å²) in [5.41, 5.74) is 8.16. The molecule has 1 aromatic carbocycles. The first-order valence-corrected chi connectivity index (χ1v) is 10.7. The number of benzene rings is 1. The summed E-state index contributed by atoms with van der Waals surface area (Å²) < 4.78 is 6.74. The number of aromatic nitrogens is 2. The molecule has 0 fully saturated rings. The van der Waals surface area contributed by atoms with Gasteiger partial charge in [0.05, 0.1) is 34.7 Å². The fraction of sp³-hybridized carbons (Fsp3) is 0.333. The minimum atomic E-state index is -1.84. The highest BCUT2D eigenvalue weighted by Gasteiger charge is 2.45. The van der Waals surface area contributed by atoms with E-state index in [4.69, 9.17) is 15.5 Å². The Hall–Kier alpha value is -3.52. The van der Waals surface area contributed by atoms with E-state index in [0.29, 0.717) is 34.9 Å². The van der Waals surface area contributed by atoms with Gasteiger partial charge in [-0.3, -0.25) is 4.79 Å². The van der Waals surface area contributed by atoms with Crippen LogP contribution in [0.15, 0.2) is 40.1 Å². The lowest BCUT2D eigenvalue weighted by Gasteiger charge is -2.31. The van der Waals surface area contributed by atoms with Gasteiger partial charge in [-0.15, -0.1) is 0 Å². The number of carbonyl (C=O) groups excluding carboxylic acids is 1. The smallest absolute Gasteiger partial charge is 0.343 e. The van der Waals surface area contributed by atoms with Crippen molar-refractivity contribution >= 4 is 28.4 Å². The molecular formula is C24H24N4O4. The molecular weight excluding hydrogens is 408 g/mol. The summed E-state index contributed by atoms with van der Waals surface area (Å²) in [6.45, 7) is 5.85. The van der Waals surface area contributed by atoms with E-state index in [1.165, 1.54) is 0 Å². The van der Waals surface area contributed by atoms with E-state index >= 15 is 0 Å². The molecule has 2 aromatic heterocycles. The maximum atomic E-state index is 13.3. The molecule has 0 amide bonds. The molecule has 0 aliphatic carbocycles. The lowest BCUT2D eigenvalue weighted by atomic mass is 9.86. The second-order valence-electron chi connectivity index (χ2n) is 8.63. The van der Waals surface area contributed by atoms with Gasteiger partial charge in [0, 0.05) is 22.4 Å². The van der Waals surface area contributed by atoms with Gasteiger partial charge in [-0.25, -0.2) is 14.8 Å². The summed E-state index contributed by atoms with van der Waals surface area (Å²) in [4.78, 5) is 35.0. The van der Waals surface area contributed by atoms with Gasteiger partial charge in [0.1, 0.15) is 12.4 Å². The fourth-order valence-corrected chi connectivity index (χ4v) is 4.35. The standard InChI is InChI=1S/C24H24N4O4/c1-4-24(31)16-9-19-20-13(10-28(19)22(29)15(16)11-32-23(24)30)8-14-17(26-20)6-5-7-18(14)27-21(25)12(2)3/h5-9,12,31H,4,10-11H2,1-3H3,(H2,25,27)/t24-/m0/s1. The molecule has 4 heterocycles. The van der Waals surface area contributed by atoms with E-state index in [2.05, 4.69) is 4.99 Å². The summed E-state index contributed by atoms with van der Waals surface area (Å²) >= 11 is 0. The van der Waals surface area contributed by atoms with E-state index in [1.807, 2.05) is 38.1 Å². The molecule has 2 aliphatic rings. The monoisotopic (exact) mass is 432 g/mol. The summed E-state index contributed by atoms with van der Waals surface area (Å²) in [5.74, 6) is -0.0791. The average molecular weight is 432 g/mol. The molecule has 8 nitrogen and oxygen atoms in total. The number of hydrogen-bond acceptors (Lipinski definition) is 6. The highest BCUT2D eigenvalue weighted by molar-refractivity contribution is 5.96. The van der Waals surface area contributed by atoms with E-state index in [-0.39, 0.29) is 24.5 Å². The second-order valence-corrected chi connectivity index (χ2v) is 8.63. The zero-order chi connectivity index (χ0) is 22.8. The van der Waals surface area contributed by atoms with E-state index in [0.717, 1.165) is 22.2 Å². The minimum Gasteiger partial charge on any atom is -0.458 e. The Morgan fingerprint density at radius 1 is 1.34 bits per heavy atom. The van der Waals surface area contributed by atoms with Crippen LogP contribution < -0.4 is 11.3 Å². The Bertz CT molecular complexity index is 1390. The van der Waals surface area contributed by atoms with Gasteiger partial charge >= 0.3 is 5.97 Å². The third kappa shape index (κ3) is 2.79. The maximum absolute atomic E-state index is 13.3. The Balaban J connectivity index is 1.72. The number of esters is 1. The lowest BCUT2D eigenvalue weighted by molar-refractivity contribution is -0.172. The summed E-state index contributed by atoms with van der Waals surface area (Å²) in [5, 5.41) is 11.8. The van der Waals surface area contributed by atoms with Gasteiger partial charge in [-0.1, -0.05) is 26.8 Å². The zero-order valence-corrected chi connectivity index (χ0v) is 18.2. The average Bonchev–Trinajstić information content (AvgIpc) is 3.13. The molecule has 3 N–H and O–H groups in total. The van der Waals surface area contributed by atoms with E-state index in [9.17, 15) is 14.7 Å². The Morgan fingerprint density at radius 3 is 2.84 bits per heavy atom. The third-order valence-corrected chi connectivity index (χ3v) is 6.37.